The van der Waals surface area contributed by atoms with E-state index in [-0.39, 0.29) is 11.5 Å². The molecule has 9 heteroatoms. The molecule has 0 radical (unpaired) electrons. The van der Waals surface area contributed by atoms with Crippen LogP contribution in [0.4, 0.5) is 17.2 Å². The third kappa shape index (κ3) is 4.00. The molecule has 1 aromatic heterocycles. The maximum absolute atomic E-state index is 12.9. The molecule has 0 spiro atoms. The number of hydrogen-bond donors (Lipinski definition) is 2. The van der Waals surface area contributed by atoms with E-state index in [1.165, 1.54) is 11.6 Å². The molecule has 1 fully saturated rings. The first-order valence-corrected chi connectivity index (χ1v) is 9.16. The SMILES string of the molecule is Cn1c(N)c(N2CCCCC2)c(=O)n(CC(=O)Nc2ccc(Cl)cc2)c1=O. The number of rotatable bonds is 4. The van der Waals surface area contributed by atoms with Crippen molar-refractivity contribution in [3.05, 3.63) is 50.1 Å². The van der Waals surface area contributed by atoms with Gasteiger partial charge < -0.3 is 16.0 Å². The van der Waals surface area contributed by atoms with Crippen LogP contribution in [0.3, 0.4) is 0 Å². The predicted molar refractivity (Wildman–Crippen MR) is 107 cm³/mol. The first kappa shape index (κ1) is 19.0. The van der Waals surface area contributed by atoms with E-state index in [0.717, 1.165) is 23.8 Å². The average Bonchev–Trinajstić information content (AvgIpc) is 2.66. The summed E-state index contributed by atoms with van der Waals surface area (Å²) in [5.41, 5.74) is 5.71. The van der Waals surface area contributed by atoms with Gasteiger partial charge in [-0.25, -0.2) is 9.36 Å². The molecule has 1 aliphatic heterocycles. The molecule has 1 amide bonds. The minimum Gasteiger partial charge on any atom is -0.383 e. The molecule has 8 nitrogen and oxygen atoms in total. The van der Waals surface area contributed by atoms with E-state index in [4.69, 9.17) is 17.3 Å². The first-order valence-electron chi connectivity index (χ1n) is 8.78. The number of nitrogen functional groups attached to an aromatic ring is 1. The zero-order chi connectivity index (χ0) is 19.6. The lowest BCUT2D eigenvalue weighted by Gasteiger charge is -2.29. The van der Waals surface area contributed by atoms with Crippen molar-refractivity contribution in [3.8, 4) is 0 Å². The summed E-state index contributed by atoms with van der Waals surface area (Å²) in [6.45, 7) is 1.01. The van der Waals surface area contributed by atoms with E-state index in [9.17, 15) is 14.4 Å². The van der Waals surface area contributed by atoms with Crippen molar-refractivity contribution in [2.45, 2.75) is 25.8 Å². The van der Waals surface area contributed by atoms with Crippen LogP contribution in [-0.2, 0) is 18.4 Å². The largest absolute Gasteiger partial charge is 0.383 e. The Bertz CT molecular complexity index is 959. The van der Waals surface area contributed by atoms with E-state index in [0.29, 0.717) is 23.8 Å². The highest BCUT2D eigenvalue weighted by atomic mass is 35.5. The molecule has 0 unspecified atom stereocenters. The number of piperidine rings is 1. The Labute approximate surface area is 161 Å². The molecule has 0 saturated carbocycles. The van der Waals surface area contributed by atoms with Crippen molar-refractivity contribution in [1.82, 2.24) is 9.13 Å². The number of carbonyl (C=O) groups excluding carboxylic acids is 1. The number of nitrogens with two attached hydrogens (primary N) is 1. The molecular weight excluding hydrogens is 370 g/mol. The molecule has 0 bridgehead atoms. The summed E-state index contributed by atoms with van der Waals surface area (Å²) in [6, 6.07) is 6.56. The Morgan fingerprint density at radius 3 is 2.41 bits per heavy atom. The Kier molecular flexibility index (Phi) is 5.55. The smallest absolute Gasteiger partial charge is 0.332 e. The molecule has 3 rings (SSSR count). The summed E-state index contributed by atoms with van der Waals surface area (Å²) in [5, 5.41) is 3.20. The van der Waals surface area contributed by atoms with Gasteiger partial charge in [0, 0.05) is 30.8 Å². The van der Waals surface area contributed by atoms with Crippen LogP contribution < -0.4 is 27.2 Å². The second kappa shape index (κ2) is 7.87. The van der Waals surface area contributed by atoms with E-state index >= 15 is 0 Å². The quantitative estimate of drug-likeness (QED) is 0.820. The minimum atomic E-state index is -0.621. The Hall–Kier alpha value is -2.74. The molecule has 1 aromatic carbocycles. The zero-order valence-electron chi connectivity index (χ0n) is 15.1. The van der Waals surface area contributed by atoms with E-state index < -0.39 is 23.7 Å². The normalized spacial score (nSPS) is 14.2. The molecule has 3 N–H and O–H groups in total. The second-order valence-corrected chi connectivity index (χ2v) is 7.01. The number of anilines is 3. The third-order valence-electron chi connectivity index (χ3n) is 4.67. The third-order valence-corrected chi connectivity index (χ3v) is 4.92. The maximum atomic E-state index is 12.9. The molecule has 0 atom stereocenters. The van der Waals surface area contributed by atoms with Crippen LogP contribution in [0.15, 0.2) is 33.9 Å². The molecule has 1 aliphatic rings. The number of nitrogens with one attached hydrogen (secondary N) is 1. The number of amides is 1. The Balaban J connectivity index is 1.91. The number of halogens is 1. The van der Waals surface area contributed by atoms with E-state index in [1.54, 1.807) is 24.3 Å². The topological polar surface area (TPSA) is 102 Å². The number of aromatic nitrogens is 2. The van der Waals surface area contributed by atoms with Crippen LogP contribution in [0.2, 0.25) is 5.02 Å². The van der Waals surface area contributed by atoms with Gasteiger partial charge in [-0.2, -0.15) is 0 Å². The van der Waals surface area contributed by atoms with Crippen molar-refractivity contribution in [3.63, 3.8) is 0 Å². The fourth-order valence-electron chi connectivity index (χ4n) is 3.20. The van der Waals surface area contributed by atoms with Gasteiger partial charge in [0.2, 0.25) is 5.91 Å². The molecular formula is C18H22ClN5O3. The van der Waals surface area contributed by atoms with Crippen molar-refractivity contribution in [2.24, 2.45) is 7.05 Å². The highest BCUT2D eigenvalue weighted by Gasteiger charge is 2.23. The Morgan fingerprint density at radius 1 is 1.15 bits per heavy atom. The van der Waals surface area contributed by atoms with Gasteiger partial charge >= 0.3 is 5.69 Å². The number of carbonyl (C=O) groups is 1. The summed E-state index contributed by atoms with van der Waals surface area (Å²) in [5.74, 6) is -0.354. The maximum Gasteiger partial charge on any atom is 0.332 e. The molecule has 2 heterocycles. The lowest BCUT2D eigenvalue weighted by atomic mass is 10.1. The van der Waals surface area contributed by atoms with Gasteiger partial charge in [0.15, 0.2) is 0 Å². The summed E-state index contributed by atoms with van der Waals surface area (Å²) in [6.07, 6.45) is 3.01. The summed E-state index contributed by atoms with van der Waals surface area (Å²) < 4.78 is 2.13. The van der Waals surface area contributed by atoms with Gasteiger partial charge in [-0.3, -0.25) is 14.2 Å². The van der Waals surface area contributed by atoms with Crippen LogP contribution in [0.25, 0.3) is 0 Å². The molecule has 1 saturated heterocycles. The minimum absolute atomic E-state index is 0.126. The highest BCUT2D eigenvalue weighted by molar-refractivity contribution is 6.30. The number of nitrogens with zero attached hydrogens (tertiary/aromatic N) is 3. The van der Waals surface area contributed by atoms with Gasteiger partial charge in [-0.15, -0.1) is 0 Å². The summed E-state index contributed by atoms with van der Waals surface area (Å²) in [7, 11) is 1.50. The summed E-state index contributed by atoms with van der Waals surface area (Å²) >= 11 is 5.82. The van der Waals surface area contributed by atoms with Crippen molar-refractivity contribution < 1.29 is 4.79 Å². The van der Waals surface area contributed by atoms with Gasteiger partial charge in [-0.1, -0.05) is 11.6 Å². The first-order chi connectivity index (χ1) is 12.9. The standard InChI is InChI=1S/C18H22ClN5O3/c1-22-16(20)15(23-9-3-2-4-10-23)17(26)24(18(22)27)11-14(25)21-13-7-5-12(19)6-8-13/h5-8H,2-4,9-11,20H2,1H3,(H,21,25). The van der Waals surface area contributed by atoms with Crippen LogP contribution in [0, 0.1) is 0 Å². The predicted octanol–water partition coefficient (Wildman–Crippen LogP) is 1.41. The lowest BCUT2D eigenvalue weighted by molar-refractivity contribution is -0.116. The van der Waals surface area contributed by atoms with Gasteiger partial charge in [0.05, 0.1) is 0 Å². The molecule has 2 aromatic rings. The van der Waals surface area contributed by atoms with Gasteiger partial charge in [0.25, 0.3) is 5.56 Å². The van der Waals surface area contributed by atoms with Crippen LogP contribution >= 0.6 is 11.6 Å². The fraction of sp³-hybridized carbons (Fsp3) is 0.389. The Morgan fingerprint density at radius 2 is 1.78 bits per heavy atom. The van der Waals surface area contributed by atoms with Crippen LogP contribution in [0.5, 0.6) is 0 Å². The molecule has 27 heavy (non-hydrogen) atoms. The average molecular weight is 392 g/mol. The van der Waals surface area contributed by atoms with Crippen molar-refractivity contribution in [2.75, 3.05) is 29.0 Å². The van der Waals surface area contributed by atoms with Crippen molar-refractivity contribution in [1.29, 1.82) is 0 Å². The van der Waals surface area contributed by atoms with Crippen LogP contribution in [-0.4, -0.2) is 28.1 Å². The van der Waals surface area contributed by atoms with Crippen LogP contribution in [0.1, 0.15) is 19.3 Å². The zero-order valence-corrected chi connectivity index (χ0v) is 15.8. The van der Waals surface area contributed by atoms with Crippen molar-refractivity contribution >= 4 is 34.7 Å². The van der Waals surface area contributed by atoms with Gasteiger partial charge in [-0.05, 0) is 43.5 Å². The summed E-state index contributed by atoms with van der Waals surface area (Å²) in [4.78, 5) is 39.7. The second-order valence-electron chi connectivity index (χ2n) is 6.57. The van der Waals surface area contributed by atoms with E-state index in [2.05, 4.69) is 5.32 Å². The monoisotopic (exact) mass is 391 g/mol. The number of benzene rings is 1. The van der Waals surface area contributed by atoms with Gasteiger partial charge in [0.1, 0.15) is 18.1 Å². The lowest BCUT2D eigenvalue weighted by Crippen LogP contribution is -2.46. The number of hydrogen-bond acceptors (Lipinski definition) is 5. The fourth-order valence-corrected chi connectivity index (χ4v) is 3.32. The molecule has 0 aliphatic carbocycles. The highest BCUT2D eigenvalue weighted by Crippen LogP contribution is 2.21. The van der Waals surface area contributed by atoms with E-state index in [1.807, 2.05) is 4.90 Å². The molecule has 144 valence electrons.